The van der Waals surface area contributed by atoms with Gasteiger partial charge >= 0.3 is 0 Å². The van der Waals surface area contributed by atoms with Crippen LogP contribution in [0.3, 0.4) is 0 Å². The highest BCUT2D eigenvalue weighted by atomic mass is 16.5. The Labute approximate surface area is 137 Å². The molecular weight excluding hydrogens is 292 g/mol. The number of hydrogen-bond donors (Lipinski definition) is 1. The number of hydrogen-bond acceptors (Lipinski definition) is 4. The van der Waals surface area contributed by atoms with Gasteiger partial charge in [0.2, 0.25) is 5.91 Å². The molecule has 5 nitrogen and oxygen atoms in total. The first-order chi connectivity index (χ1) is 11.3. The summed E-state index contributed by atoms with van der Waals surface area (Å²) in [6.45, 7) is 4.26. The van der Waals surface area contributed by atoms with Gasteiger partial charge in [-0.15, -0.1) is 0 Å². The summed E-state index contributed by atoms with van der Waals surface area (Å²) in [5.41, 5.74) is 0.107. The second-order valence-corrected chi connectivity index (χ2v) is 6.45. The molecule has 2 fully saturated rings. The molecule has 0 unspecified atom stereocenters. The summed E-state index contributed by atoms with van der Waals surface area (Å²) < 4.78 is 10.7. The van der Waals surface area contributed by atoms with E-state index in [-0.39, 0.29) is 11.4 Å². The Kier molecular flexibility index (Phi) is 5.51. The molecule has 0 radical (unpaired) electrons. The molecule has 23 heavy (non-hydrogen) atoms. The number of carbonyl (C=O) groups is 1. The Morgan fingerprint density at radius 2 is 2.04 bits per heavy atom. The van der Waals surface area contributed by atoms with E-state index in [2.05, 4.69) is 10.2 Å². The van der Waals surface area contributed by atoms with E-state index < -0.39 is 0 Å². The molecule has 2 heterocycles. The maximum absolute atomic E-state index is 12.1. The fraction of sp³-hybridized carbons (Fsp3) is 0.611. The van der Waals surface area contributed by atoms with Gasteiger partial charge in [-0.1, -0.05) is 19.3 Å². The Morgan fingerprint density at radius 3 is 2.74 bits per heavy atom. The Morgan fingerprint density at radius 1 is 1.26 bits per heavy atom. The van der Waals surface area contributed by atoms with Crippen LogP contribution in [0, 0.1) is 0 Å². The highest BCUT2D eigenvalue weighted by Gasteiger charge is 2.38. The molecule has 0 aromatic carbocycles. The lowest BCUT2D eigenvalue weighted by Gasteiger charge is -2.48. The summed E-state index contributed by atoms with van der Waals surface area (Å²) in [6, 6.07) is 3.65. The molecule has 1 N–H and O–H groups in total. The van der Waals surface area contributed by atoms with Crippen LogP contribution in [0.2, 0.25) is 0 Å². The zero-order valence-electron chi connectivity index (χ0n) is 13.6. The van der Waals surface area contributed by atoms with Gasteiger partial charge in [-0.2, -0.15) is 0 Å². The lowest BCUT2D eigenvalue weighted by molar-refractivity contribution is -0.117. The summed E-state index contributed by atoms with van der Waals surface area (Å²) in [7, 11) is 0. The Hall–Kier alpha value is -1.59. The predicted molar refractivity (Wildman–Crippen MR) is 89.0 cm³/mol. The molecule has 1 aliphatic carbocycles. The molecule has 1 saturated carbocycles. The molecule has 0 atom stereocenters. The average molecular weight is 318 g/mol. The lowest BCUT2D eigenvalue weighted by Crippen LogP contribution is -2.59. The summed E-state index contributed by atoms with van der Waals surface area (Å²) in [6.07, 6.45) is 11.0. The second kappa shape index (κ2) is 7.79. The van der Waals surface area contributed by atoms with Gasteiger partial charge in [-0.25, -0.2) is 0 Å². The summed E-state index contributed by atoms with van der Waals surface area (Å²) in [4.78, 5) is 14.7. The van der Waals surface area contributed by atoms with Crippen molar-refractivity contribution >= 4 is 12.0 Å². The van der Waals surface area contributed by atoms with Gasteiger partial charge in [-0.3, -0.25) is 9.69 Å². The summed E-state index contributed by atoms with van der Waals surface area (Å²) in [5, 5.41) is 3.10. The first-order valence-electron chi connectivity index (χ1n) is 8.61. The average Bonchev–Trinajstić information content (AvgIpc) is 3.13. The summed E-state index contributed by atoms with van der Waals surface area (Å²) >= 11 is 0. The van der Waals surface area contributed by atoms with E-state index in [9.17, 15) is 4.79 Å². The van der Waals surface area contributed by atoms with E-state index in [0.29, 0.717) is 12.3 Å². The molecule has 1 aromatic heterocycles. The largest absolute Gasteiger partial charge is 0.465 e. The van der Waals surface area contributed by atoms with Crippen molar-refractivity contribution in [1.82, 2.24) is 10.2 Å². The van der Waals surface area contributed by atoms with Crippen LogP contribution in [0.4, 0.5) is 0 Å². The maximum atomic E-state index is 12.1. The molecular formula is C18H26N2O3. The predicted octanol–water partition coefficient (Wildman–Crippen LogP) is 2.44. The maximum Gasteiger partial charge on any atom is 0.244 e. The van der Waals surface area contributed by atoms with Crippen LogP contribution in [0.15, 0.2) is 28.9 Å². The van der Waals surface area contributed by atoms with Gasteiger partial charge < -0.3 is 14.5 Å². The van der Waals surface area contributed by atoms with Crippen LogP contribution >= 0.6 is 0 Å². The van der Waals surface area contributed by atoms with Gasteiger partial charge in [0.05, 0.1) is 19.5 Å². The molecule has 1 saturated heterocycles. The smallest absolute Gasteiger partial charge is 0.244 e. The van der Waals surface area contributed by atoms with E-state index >= 15 is 0 Å². The fourth-order valence-corrected chi connectivity index (χ4v) is 3.71. The quantitative estimate of drug-likeness (QED) is 0.847. The summed E-state index contributed by atoms with van der Waals surface area (Å²) in [5.74, 6) is 0.639. The van der Waals surface area contributed by atoms with E-state index in [0.717, 1.165) is 39.1 Å². The third-order valence-corrected chi connectivity index (χ3v) is 5.00. The first-order valence-corrected chi connectivity index (χ1v) is 8.61. The molecule has 5 heteroatoms. The van der Waals surface area contributed by atoms with Crippen molar-refractivity contribution in [1.29, 1.82) is 0 Å². The molecule has 0 spiro atoms. The van der Waals surface area contributed by atoms with Crippen LogP contribution in [-0.4, -0.2) is 49.2 Å². The van der Waals surface area contributed by atoms with Crippen LogP contribution in [-0.2, 0) is 9.53 Å². The SMILES string of the molecule is O=C(C=Cc1ccco1)NCC1(N2CCOCC2)CCCCC1. The number of nitrogens with one attached hydrogen (secondary N) is 1. The van der Waals surface area contributed by atoms with Gasteiger partial charge in [0, 0.05) is 31.2 Å². The number of amides is 1. The van der Waals surface area contributed by atoms with Gasteiger partial charge in [0.25, 0.3) is 0 Å². The third kappa shape index (κ3) is 4.24. The third-order valence-electron chi connectivity index (χ3n) is 5.00. The minimum absolute atomic E-state index is 0.0559. The number of rotatable bonds is 5. The zero-order valence-corrected chi connectivity index (χ0v) is 13.6. The topological polar surface area (TPSA) is 54.7 Å². The molecule has 0 bridgehead atoms. The highest BCUT2D eigenvalue weighted by molar-refractivity contribution is 5.91. The Bertz CT molecular complexity index is 512. The van der Waals surface area contributed by atoms with Crippen LogP contribution in [0.1, 0.15) is 37.9 Å². The van der Waals surface area contributed by atoms with Crippen LogP contribution in [0.25, 0.3) is 6.08 Å². The van der Waals surface area contributed by atoms with Crippen molar-refractivity contribution in [3.63, 3.8) is 0 Å². The second-order valence-electron chi connectivity index (χ2n) is 6.45. The number of ether oxygens (including phenoxy) is 1. The molecule has 1 amide bonds. The van der Waals surface area contributed by atoms with Crippen molar-refractivity contribution in [3.05, 3.63) is 30.2 Å². The standard InChI is InChI=1S/C18H26N2O3/c21-17(7-6-16-5-4-12-23-16)19-15-18(8-2-1-3-9-18)20-10-13-22-14-11-20/h4-7,12H,1-3,8-11,13-15H2,(H,19,21). The number of furan rings is 1. The number of nitrogens with zero attached hydrogens (tertiary/aromatic N) is 1. The molecule has 1 aromatic rings. The van der Waals surface area contributed by atoms with Gasteiger partial charge in [0.15, 0.2) is 0 Å². The molecule has 3 rings (SSSR count). The van der Waals surface area contributed by atoms with Crippen molar-refractivity contribution < 1.29 is 13.9 Å². The van der Waals surface area contributed by atoms with Gasteiger partial charge in [-0.05, 0) is 31.1 Å². The van der Waals surface area contributed by atoms with Crippen LogP contribution < -0.4 is 5.32 Å². The monoisotopic (exact) mass is 318 g/mol. The van der Waals surface area contributed by atoms with Crippen molar-refractivity contribution in [2.45, 2.75) is 37.6 Å². The minimum Gasteiger partial charge on any atom is -0.465 e. The van der Waals surface area contributed by atoms with E-state index in [1.165, 1.54) is 19.3 Å². The van der Waals surface area contributed by atoms with E-state index in [4.69, 9.17) is 9.15 Å². The Balaban J connectivity index is 1.58. The van der Waals surface area contributed by atoms with Crippen molar-refractivity contribution in [2.24, 2.45) is 0 Å². The highest BCUT2D eigenvalue weighted by Crippen LogP contribution is 2.33. The first kappa shape index (κ1) is 16.3. The molecule has 126 valence electrons. The molecule has 1 aliphatic heterocycles. The fourth-order valence-electron chi connectivity index (χ4n) is 3.71. The lowest BCUT2D eigenvalue weighted by atomic mass is 9.79. The van der Waals surface area contributed by atoms with E-state index in [1.54, 1.807) is 18.4 Å². The minimum atomic E-state index is -0.0559. The van der Waals surface area contributed by atoms with Crippen molar-refractivity contribution in [2.75, 3.05) is 32.8 Å². The van der Waals surface area contributed by atoms with Gasteiger partial charge in [0.1, 0.15) is 5.76 Å². The zero-order chi connectivity index (χ0) is 16.0. The number of morpholine rings is 1. The van der Waals surface area contributed by atoms with Crippen molar-refractivity contribution in [3.8, 4) is 0 Å². The normalized spacial score (nSPS) is 22.3. The molecule has 2 aliphatic rings. The number of carbonyl (C=O) groups excluding carboxylic acids is 1. The van der Waals surface area contributed by atoms with E-state index in [1.807, 2.05) is 12.1 Å². The van der Waals surface area contributed by atoms with Crippen LogP contribution in [0.5, 0.6) is 0 Å².